The van der Waals surface area contributed by atoms with Gasteiger partial charge in [0.1, 0.15) is 11.5 Å². The fourth-order valence-electron chi connectivity index (χ4n) is 1.74. The highest BCUT2D eigenvalue weighted by molar-refractivity contribution is 5.93. The van der Waals surface area contributed by atoms with Crippen LogP contribution in [0.4, 0.5) is 0 Å². The molecule has 5 heteroatoms. The molecule has 0 aliphatic heterocycles. The van der Waals surface area contributed by atoms with Crippen LogP contribution in [0.3, 0.4) is 0 Å². The molecule has 3 aromatic rings. The molecule has 1 aromatic carbocycles. The molecule has 0 bridgehead atoms. The van der Waals surface area contributed by atoms with Crippen molar-refractivity contribution in [2.24, 2.45) is 0 Å². The fraction of sp³-hybridized carbons (Fsp3) is 0.0714. The van der Waals surface area contributed by atoms with Gasteiger partial charge in [-0.05, 0) is 24.3 Å². The summed E-state index contributed by atoms with van der Waals surface area (Å²) in [5.41, 5.74) is 1.77. The number of fused-ring (bicyclic) bond motifs is 1. The Bertz CT molecular complexity index is 708. The largest absolute Gasteiger partial charge is 0.467 e. The summed E-state index contributed by atoms with van der Waals surface area (Å²) >= 11 is 0. The Hall–Kier alpha value is -2.69. The third-order valence-electron chi connectivity index (χ3n) is 2.68. The number of benzene rings is 1. The number of carbonyl (C=O) groups is 1. The number of furan rings is 1. The van der Waals surface area contributed by atoms with E-state index < -0.39 is 0 Å². The summed E-state index contributed by atoms with van der Waals surface area (Å²) in [7, 11) is 0. The van der Waals surface area contributed by atoms with E-state index in [9.17, 15) is 4.79 Å². The molecular weight excluding hydrogens is 242 g/mol. The molecule has 5 nitrogen and oxygen atoms in total. The lowest BCUT2D eigenvalue weighted by atomic mass is 10.3. The minimum Gasteiger partial charge on any atom is -0.467 e. The van der Waals surface area contributed by atoms with E-state index in [1.54, 1.807) is 18.4 Å². The quantitative estimate of drug-likeness (QED) is 0.776. The number of carbonyl (C=O) groups excluding carboxylic acids is 1. The van der Waals surface area contributed by atoms with Crippen LogP contribution in [0.2, 0.25) is 0 Å². The zero-order valence-electron chi connectivity index (χ0n) is 10.0. The second kappa shape index (κ2) is 4.89. The maximum Gasteiger partial charge on any atom is 0.271 e. The molecule has 0 fully saturated rings. The van der Waals surface area contributed by atoms with E-state index in [1.165, 1.54) is 6.20 Å². The van der Waals surface area contributed by atoms with Gasteiger partial charge in [0.05, 0.1) is 30.0 Å². The van der Waals surface area contributed by atoms with Crippen LogP contribution in [0.1, 0.15) is 16.2 Å². The molecule has 94 valence electrons. The molecule has 1 N–H and O–H groups in total. The standard InChI is InChI=1S/C14H11N3O2/c18-14(16-8-10-4-3-7-19-10)13-9-15-11-5-1-2-6-12(11)17-13/h1-7,9H,8H2,(H,16,18). The van der Waals surface area contributed by atoms with Crippen LogP contribution >= 0.6 is 0 Å². The van der Waals surface area contributed by atoms with Crippen molar-refractivity contribution in [3.63, 3.8) is 0 Å². The average molecular weight is 253 g/mol. The number of rotatable bonds is 3. The van der Waals surface area contributed by atoms with Crippen molar-refractivity contribution in [2.75, 3.05) is 0 Å². The molecule has 0 radical (unpaired) electrons. The van der Waals surface area contributed by atoms with Gasteiger partial charge in [0.15, 0.2) is 0 Å². The lowest BCUT2D eigenvalue weighted by Crippen LogP contribution is -2.23. The molecule has 2 aromatic heterocycles. The number of nitrogens with zero attached hydrogens (tertiary/aromatic N) is 2. The van der Waals surface area contributed by atoms with Gasteiger partial charge in [-0.3, -0.25) is 9.78 Å². The summed E-state index contributed by atoms with van der Waals surface area (Å²) in [5.74, 6) is 0.428. The zero-order chi connectivity index (χ0) is 13.1. The maximum atomic E-state index is 11.9. The summed E-state index contributed by atoms with van der Waals surface area (Å²) in [5, 5.41) is 2.73. The highest BCUT2D eigenvalue weighted by Gasteiger charge is 2.09. The zero-order valence-corrected chi connectivity index (χ0v) is 10.0. The van der Waals surface area contributed by atoms with Crippen LogP contribution in [0.15, 0.2) is 53.3 Å². The van der Waals surface area contributed by atoms with Gasteiger partial charge in [-0.25, -0.2) is 4.98 Å². The normalized spacial score (nSPS) is 10.5. The third-order valence-corrected chi connectivity index (χ3v) is 2.68. The second-order valence-electron chi connectivity index (χ2n) is 4.01. The van der Waals surface area contributed by atoms with E-state index in [0.29, 0.717) is 23.5 Å². The Labute approximate surface area is 109 Å². The van der Waals surface area contributed by atoms with Crippen LogP contribution in [0.5, 0.6) is 0 Å². The highest BCUT2D eigenvalue weighted by atomic mass is 16.3. The molecule has 0 atom stereocenters. The van der Waals surface area contributed by atoms with Gasteiger partial charge in [-0.2, -0.15) is 0 Å². The fourth-order valence-corrected chi connectivity index (χ4v) is 1.74. The SMILES string of the molecule is O=C(NCc1ccco1)c1cnc2ccccc2n1. The van der Waals surface area contributed by atoms with Gasteiger partial charge in [0.25, 0.3) is 5.91 Å². The van der Waals surface area contributed by atoms with Crippen LogP contribution in [0, 0.1) is 0 Å². The smallest absolute Gasteiger partial charge is 0.271 e. The Kier molecular flexibility index (Phi) is 2.94. The van der Waals surface area contributed by atoms with Crippen LogP contribution in [0.25, 0.3) is 11.0 Å². The van der Waals surface area contributed by atoms with Crippen molar-refractivity contribution >= 4 is 16.9 Å². The van der Waals surface area contributed by atoms with Crippen molar-refractivity contribution in [3.05, 3.63) is 60.3 Å². The monoisotopic (exact) mass is 253 g/mol. The number of hydrogen-bond donors (Lipinski definition) is 1. The first-order chi connectivity index (χ1) is 9.33. The van der Waals surface area contributed by atoms with E-state index in [0.717, 1.165) is 5.52 Å². The molecule has 19 heavy (non-hydrogen) atoms. The topological polar surface area (TPSA) is 68.0 Å². The molecular formula is C14H11N3O2. The van der Waals surface area contributed by atoms with E-state index in [2.05, 4.69) is 15.3 Å². The van der Waals surface area contributed by atoms with Gasteiger partial charge >= 0.3 is 0 Å². The van der Waals surface area contributed by atoms with Crippen molar-refractivity contribution in [3.8, 4) is 0 Å². The summed E-state index contributed by atoms with van der Waals surface area (Å²) in [6, 6.07) is 11.0. The highest BCUT2D eigenvalue weighted by Crippen LogP contribution is 2.08. The molecule has 0 saturated carbocycles. The molecule has 0 aliphatic carbocycles. The second-order valence-corrected chi connectivity index (χ2v) is 4.01. The predicted octanol–water partition coefficient (Wildman–Crippen LogP) is 2.15. The van der Waals surface area contributed by atoms with Crippen LogP contribution in [-0.2, 0) is 6.54 Å². The van der Waals surface area contributed by atoms with Gasteiger partial charge in [0, 0.05) is 0 Å². The van der Waals surface area contributed by atoms with Gasteiger partial charge in [0.2, 0.25) is 0 Å². The molecule has 1 amide bonds. The molecule has 0 unspecified atom stereocenters. The number of hydrogen-bond acceptors (Lipinski definition) is 4. The number of nitrogens with one attached hydrogen (secondary N) is 1. The summed E-state index contributed by atoms with van der Waals surface area (Å²) < 4.78 is 5.14. The van der Waals surface area contributed by atoms with Crippen molar-refractivity contribution in [1.29, 1.82) is 0 Å². The lowest BCUT2D eigenvalue weighted by Gasteiger charge is -2.03. The molecule has 0 spiro atoms. The van der Waals surface area contributed by atoms with Gasteiger partial charge in [-0.1, -0.05) is 12.1 Å². The first kappa shape index (κ1) is 11.4. The van der Waals surface area contributed by atoms with Crippen molar-refractivity contribution in [1.82, 2.24) is 15.3 Å². The summed E-state index contributed by atoms with van der Waals surface area (Å²) in [4.78, 5) is 20.4. The van der Waals surface area contributed by atoms with Crippen molar-refractivity contribution < 1.29 is 9.21 Å². The van der Waals surface area contributed by atoms with Crippen LogP contribution in [-0.4, -0.2) is 15.9 Å². The first-order valence-corrected chi connectivity index (χ1v) is 5.85. The van der Waals surface area contributed by atoms with Gasteiger partial charge in [-0.15, -0.1) is 0 Å². The number of para-hydroxylation sites is 2. The van der Waals surface area contributed by atoms with E-state index in [1.807, 2.05) is 24.3 Å². The Balaban J connectivity index is 1.77. The van der Waals surface area contributed by atoms with Crippen molar-refractivity contribution in [2.45, 2.75) is 6.54 Å². The molecule has 0 saturated heterocycles. The molecule has 2 heterocycles. The summed E-state index contributed by atoms with van der Waals surface area (Å²) in [6.45, 7) is 0.334. The third kappa shape index (κ3) is 2.44. The predicted molar refractivity (Wildman–Crippen MR) is 69.4 cm³/mol. The van der Waals surface area contributed by atoms with E-state index >= 15 is 0 Å². The van der Waals surface area contributed by atoms with E-state index in [4.69, 9.17) is 4.42 Å². The molecule has 0 aliphatic rings. The minimum absolute atomic E-state index is 0.269. The average Bonchev–Trinajstić information content (AvgIpc) is 2.97. The first-order valence-electron chi connectivity index (χ1n) is 5.85. The number of aromatic nitrogens is 2. The van der Waals surface area contributed by atoms with E-state index in [-0.39, 0.29) is 5.91 Å². The maximum absolute atomic E-state index is 11.9. The number of amides is 1. The Morgan fingerprint density at radius 1 is 1.16 bits per heavy atom. The lowest BCUT2D eigenvalue weighted by molar-refractivity contribution is 0.0943. The van der Waals surface area contributed by atoms with Gasteiger partial charge < -0.3 is 9.73 Å². The minimum atomic E-state index is -0.269. The Morgan fingerprint density at radius 2 is 2.00 bits per heavy atom. The Morgan fingerprint density at radius 3 is 2.79 bits per heavy atom. The van der Waals surface area contributed by atoms with Crippen LogP contribution < -0.4 is 5.32 Å². The molecule has 3 rings (SSSR count). The summed E-state index contributed by atoms with van der Waals surface area (Å²) in [6.07, 6.45) is 3.04.